The standard InChI is InChI=1S/C8H14N4OS/c1-6(2)10-8(13)4-9-3-7-5-14-12-11-7/h5-6,9H,3-4H2,1-2H3,(H,10,13). The second-order valence-corrected chi connectivity index (χ2v) is 3.83. The van der Waals surface area contributed by atoms with Crippen molar-refractivity contribution in [2.75, 3.05) is 6.54 Å². The summed E-state index contributed by atoms with van der Waals surface area (Å²) in [7, 11) is 0. The average molecular weight is 214 g/mol. The predicted octanol–water partition coefficient (Wildman–Crippen LogP) is 0.152. The first kappa shape index (κ1) is 11.1. The molecule has 0 saturated heterocycles. The molecule has 0 aliphatic carbocycles. The quantitative estimate of drug-likeness (QED) is 0.732. The number of nitrogens with zero attached hydrogens (tertiary/aromatic N) is 2. The van der Waals surface area contributed by atoms with Crippen LogP contribution in [0.25, 0.3) is 0 Å². The molecule has 1 heterocycles. The number of rotatable bonds is 5. The van der Waals surface area contributed by atoms with Gasteiger partial charge in [-0.05, 0) is 25.4 Å². The van der Waals surface area contributed by atoms with Gasteiger partial charge in [0.2, 0.25) is 5.91 Å². The van der Waals surface area contributed by atoms with E-state index >= 15 is 0 Å². The van der Waals surface area contributed by atoms with Crippen LogP contribution in [-0.4, -0.2) is 28.1 Å². The van der Waals surface area contributed by atoms with Gasteiger partial charge in [-0.1, -0.05) is 4.49 Å². The largest absolute Gasteiger partial charge is 0.353 e. The molecule has 0 atom stereocenters. The van der Waals surface area contributed by atoms with Crippen LogP contribution in [0.5, 0.6) is 0 Å². The molecule has 2 N–H and O–H groups in total. The van der Waals surface area contributed by atoms with Crippen LogP contribution in [-0.2, 0) is 11.3 Å². The lowest BCUT2D eigenvalue weighted by Crippen LogP contribution is -2.37. The molecule has 14 heavy (non-hydrogen) atoms. The maximum atomic E-state index is 11.2. The highest BCUT2D eigenvalue weighted by Gasteiger charge is 2.02. The van der Waals surface area contributed by atoms with Gasteiger partial charge < -0.3 is 10.6 Å². The molecule has 0 aliphatic rings. The molecule has 0 bridgehead atoms. The summed E-state index contributed by atoms with van der Waals surface area (Å²) in [5.74, 6) is 0.00295. The lowest BCUT2D eigenvalue weighted by Gasteiger charge is -2.08. The molecular weight excluding hydrogens is 200 g/mol. The van der Waals surface area contributed by atoms with Gasteiger partial charge in [-0.3, -0.25) is 4.79 Å². The summed E-state index contributed by atoms with van der Waals surface area (Å²) in [4.78, 5) is 11.2. The van der Waals surface area contributed by atoms with Crippen molar-refractivity contribution in [3.05, 3.63) is 11.1 Å². The molecule has 0 spiro atoms. The molecule has 0 radical (unpaired) electrons. The summed E-state index contributed by atoms with van der Waals surface area (Å²) in [5, 5.41) is 11.5. The van der Waals surface area contributed by atoms with E-state index in [0.29, 0.717) is 13.1 Å². The molecule has 1 aromatic rings. The number of hydrogen-bond donors (Lipinski definition) is 2. The van der Waals surface area contributed by atoms with E-state index in [9.17, 15) is 4.79 Å². The second kappa shape index (κ2) is 5.66. The minimum Gasteiger partial charge on any atom is -0.353 e. The zero-order valence-corrected chi connectivity index (χ0v) is 9.10. The summed E-state index contributed by atoms with van der Waals surface area (Å²) >= 11 is 1.31. The zero-order valence-electron chi connectivity index (χ0n) is 8.28. The van der Waals surface area contributed by atoms with Crippen molar-refractivity contribution in [2.45, 2.75) is 26.4 Å². The van der Waals surface area contributed by atoms with Crippen LogP contribution in [0, 0.1) is 0 Å². The van der Waals surface area contributed by atoms with E-state index < -0.39 is 0 Å². The number of amides is 1. The van der Waals surface area contributed by atoms with E-state index in [1.807, 2.05) is 19.2 Å². The van der Waals surface area contributed by atoms with Gasteiger partial charge >= 0.3 is 0 Å². The summed E-state index contributed by atoms with van der Waals surface area (Å²) in [6.07, 6.45) is 0. The Hall–Kier alpha value is -1.01. The van der Waals surface area contributed by atoms with Crippen LogP contribution in [0.2, 0.25) is 0 Å². The average Bonchev–Trinajstić information content (AvgIpc) is 2.55. The highest BCUT2D eigenvalue weighted by molar-refractivity contribution is 7.03. The fraction of sp³-hybridized carbons (Fsp3) is 0.625. The van der Waals surface area contributed by atoms with Crippen LogP contribution in [0.4, 0.5) is 0 Å². The summed E-state index contributed by atoms with van der Waals surface area (Å²) in [5.41, 5.74) is 0.868. The van der Waals surface area contributed by atoms with Gasteiger partial charge in [0.05, 0.1) is 12.2 Å². The first-order chi connectivity index (χ1) is 6.68. The molecule has 0 aliphatic heterocycles. The van der Waals surface area contributed by atoms with Gasteiger partial charge in [0.15, 0.2) is 0 Å². The zero-order chi connectivity index (χ0) is 10.4. The lowest BCUT2D eigenvalue weighted by atomic mass is 10.4. The third-order valence-electron chi connectivity index (χ3n) is 1.45. The predicted molar refractivity (Wildman–Crippen MR) is 54.9 cm³/mol. The molecular formula is C8H14N4OS. The molecule has 0 fully saturated rings. The van der Waals surface area contributed by atoms with Crippen molar-refractivity contribution in [2.24, 2.45) is 0 Å². The molecule has 5 nitrogen and oxygen atoms in total. The monoisotopic (exact) mass is 214 g/mol. The first-order valence-corrected chi connectivity index (χ1v) is 5.28. The summed E-state index contributed by atoms with van der Waals surface area (Å²) < 4.78 is 3.72. The molecule has 0 saturated carbocycles. The van der Waals surface area contributed by atoms with Crippen molar-refractivity contribution in [3.63, 3.8) is 0 Å². The van der Waals surface area contributed by atoms with Crippen LogP contribution in [0.15, 0.2) is 5.38 Å². The van der Waals surface area contributed by atoms with Gasteiger partial charge in [0.25, 0.3) is 0 Å². The van der Waals surface area contributed by atoms with Crippen molar-refractivity contribution in [1.82, 2.24) is 20.2 Å². The fourth-order valence-electron chi connectivity index (χ4n) is 0.938. The third kappa shape index (κ3) is 4.29. The Balaban J connectivity index is 2.12. The number of carbonyl (C=O) groups excluding carboxylic acids is 1. The van der Waals surface area contributed by atoms with E-state index in [0.717, 1.165) is 5.69 Å². The van der Waals surface area contributed by atoms with Crippen molar-refractivity contribution < 1.29 is 4.79 Å². The Kier molecular flexibility index (Phi) is 4.48. The first-order valence-electron chi connectivity index (χ1n) is 4.44. The van der Waals surface area contributed by atoms with Gasteiger partial charge in [-0.25, -0.2) is 0 Å². The van der Waals surface area contributed by atoms with Crippen LogP contribution in [0.3, 0.4) is 0 Å². The molecule has 78 valence electrons. The number of hydrogen-bond acceptors (Lipinski definition) is 5. The van der Waals surface area contributed by atoms with Crippen LogP contribution >= 0.6 is 11.5 Å². The SMILES string of the molecule is CC(C)NC(=O)CNCc1csnn1. The molecule has 0 unspecified atom stereocenters. The highest BCUT2D eigenvalue weighted by atomic mass is 32.1. The maximum absolute atomic E-state index is 11.2. The van der Waals surface area contributed by atoms with Gasteiger partial charge in [-0.2, -0.15) is 0 Å². The minimum atomic E-state index is 0.00295. The van der Waals surface area contributed by atoms with Crippen LogP contribution < -0.4 is 10.6 Å². The normalized spacial score (nSPS) is 10.5. The molecule has 0 aromatic carbocycles. The van der Waals surface area contributed by atoms with Crippen LogP contribution in [0.1, 0.15) is 19.5 Å². The number of nitrogens with one attached hydrogen (secondary N) is 2. The molecule has 1 rings (SSSR count). The maximum Gasteiger partial charge on any atom is 0.234 e. The van der Waals surface area contributed by atoms with E-state index in [1.165, 1.54) is 11.5 Å². The van der Waals surface area contributed by atoms with Gasteiger partial charge in [-0.15, -0.1) is 5.10 Å². The number of aromatic nitrogens is 2. The summed E-state index contributed by atoms with van der Waals surface area (Å²) in [6.45, 7) is 4.77. The van der Waals surface area contributed by atoms with Gasteiger partial charge in [0, 0.05) is 18.0 Å². The lowest BCUT2D eigenvalue weighted by molar-refractivity contribution is -0.120. The Morgan fingerprint density at radius 2 is 2.43 bits per heavy atom. The van der Waals surface area contributed by atoms with Gasteiger partial charge in [0.1, 0.15) is 0 Å². The van der Waals surface area contributed by atoms with E-state index in [1.54, 1.807) is 0 Å². The highest BCUT2D eigenvalue weighted by Crippen LogP contribution is 1.94. The number of carbonyl (C=O) groups is 1. The molecule has 1 amide bonds. The Labute approximate surface area is 87.1 Å². The topological polar surface area (TPSA) is 66.9 Å². The second-order valence-electron chi connectivity index (χ2n) is 3.22. The molecule has 6 heteroatoms. The third-order valence-corrected chi connectivity index (χ3v) is 2.00. The Bertz CT molecular complexity index is 273. The fourth-order valence-corrected chi connectivity index (χ4v) is 1.39. The molecule has 1 aromatic heterocycles. The van der Waals surface area contributed by atoms with E-state index in [4.69, 9.17) is 0 Å². The van der Waals surface area contributed by atoms with Crippen molar-refractivity contribution >= 4 is 17.4 Å². The van der Waals surface area contributed by atoms with E-state index in [2.05, 4.69) is 20.2 Å². The van der Waals surface area contributed by atoms with Crippen molar-refractivity contribution in [3.8, 4) is 0 Å². The Morgan fingerprint density at radius 1 is 1.64 bits per heavy atom. The summed E-state index contributed by atoms with van der Waals surface area (Å²) in [6, 6.07) is 0.185. The van der Waals surface area contributed by atoms with E-state index in [-0.39, 0.29) is 11.9 Å². The smallest absolute Gasteiger partial charge is 0.234 e. The minimum absolute atomic E-state index is 0.00295. The van der Waals surface area contributed by atoms with Crippen molar-refractivity contribution in [1.29, 1.82) is 0 Å². The Morgan fingerprint density at radius 3 is 3.00 bits per heavy atom.